The van der Waals surface area contributed by atoms with Crippen LogP contribution < -0.4 is 11.3 Å². The van der Waals surface area contributed by atoms with Gasteiger partial charge < -0.3 is 10.5 Å². The molecule has 0 atom stereocenters. The highest BCUT2D eigenvalue weighted by atomic mass is 32.1. The highest BCUT2D eigenvalue weighted by Crippen LogP contribution is 2.18. The molecule has 0 bridgehead atoms. The lowest BCUT2D eigenvalue weighted by atomic mass is 10.2. The molecule has 1 aromatic carbocycles. The van der Waals surface area contributed by atoms with Crippen molar-refractivity contribution in [3.63, 3.8) is 0 Å². The van der Waals surface area contributed by atoms with Crippen molar-refractivity contribution in [3.05, 3.63) is 45.9 Å². The van der Waals surface area contributed by atoms with E-state index in [0.717, 1.165) is 4.68 Å². The number of carbonyl (C=O) groups is 1. The van der Waals surface area contributed by atoms with Crippen LogP contribution in [0.2, 0.25) is 0 Å². The Morgan fingerprint density at radius 2 is 2.00 bits per heavy atom. The third-order valence-electron chi connectivity index (χ3n) is 2.90. The predicted molar refractivity (Wildman–Crippen MR) is 88.5 cm³/mol. The number of esters is 1. The molecule has 0 saturated carbocycles. The molecule has 0 aliphatic heterocycles. The summed E-state index contributed by atoms with van der Waals surface area (Å²) in [7, 11) is 0. The van der Waals surface area contributed by atoms with E-state index >= 15 is 0 Å². The molecule has 0 aliphatic rings. The van der Waals surface area contributed by atoms with Crippen molar-refractivity contribution in [2.45, 2.75) is 13.8 Å². The number of aromatic nitrogens is 2. The van der Waals surface area contributed by atoms with Crippen LogP contribution in [0.15, 0.2) is 39.3 Å². The van der Waals surface area contributed by atoms with Crippen LogP contribution in [0.25, 0.3) is 0 Å². The van der Waals surface area contributed by atoms with Gasteiger partial charge in [0.05, 0.1) is 23.6 Å². The number of azo groups is 1. The summed E-state index contributed by atoms with van der Waals surface area (Å²) in [4.78, 5) is 23.6. The van der Waals surface area contributed by atoms with Crippen LogP contribution in [0.3, 0.4) is 0 Å². The number of carbonyl (C=O) groups excluding carboxylic acids is 1. The molecule has 9 heteroatoms. The molecular formula is C14H15N5O3S. The number of nitrogens with one attached hydrogen (secondary N) is 1. The first-order chi connectivity index (χ1) is 10.9. The first-order valence-corrected chi connectivity index (χ1v) is 7.15. The zero-order valence-corrected chi connectivity index (χ0v) is 13.4. The Morgan fingerprint density at radius 1 is 1.35 bits per heavy atom. The second-order valence-corrected chi connectivity index (χ2v) is 4.95. The summed E-state index contributed by atoms with van der Waals surface area (Å²) in [5.41, 5.74) is 6.47. The van der Waals surface area contributed by atoms with Gasteiger partial charge in [-0.15, -0.1) is 5.11 Å². The van der Waals surface area contributed by atoms with Gasteiger partial charge in [-0.05, 0) is 50.3 Å². The number of aryl methyl sites for hydroxylation is 1. The van der Waals surface area contributed by atoms with Gasteiger partial charge in [-0.3, -0.25) is 9.89 Å². The second kappa shape index (κ2) is 6.97. The van der Waals surface area contributed by atoms with Gasteiger partial charge >= 0.3 is 11.5 Å². The maximum Gasteiger partial charge on any atom is 0.338 e. The number of hydrogen-bond donors (Lipinski definition) is 2. The van der Waals surface area contributed by atoms with Crippen molar-refractivity contribution in [1.82, 2.24) is 9.78 Å². The molecule has 1 heterocycles. The molecule has 0 radical (unpaired) electrons. The summed E-state index contributed by atoms with van der Waals surface area (Å²) in [6.45, 7) is 3.70. The van der Waals surface area contributed by atoms with Crippen LogP contribution in [0.5, 0.6) is 0 Å². The minimum absolute atomic E-state index is 0.0988. The lowest BCUT2D eigenvalue weighted by Crippen LogP contribution is -2.29. The van der Waals surface area contributed by atoms with Gasteiger partial charge in [-0.2, -0.15) is 9.80 Å². The standard InChI is InChI=1S/C14H15N5O3S/c1-3-22-13(21)9-4-6-10(7-5-9)16-17-11-8(2)18-19(12(11)20)14(15)23/h4-7,18H,3H2,1-2H3,(H2,15,23). The Balaban J connectivity index is 2.23. The molecule has 1 aromatic heterocycles. The SMILES string of the molecule is CCOC(=O)c1ccc(N=Nc2c(C)[nH]n(C(N)=S)c2=O)cc1. The summed E-state index contributed by atoms with van der Waals surface area (Å²) >= 11 is 4.75. The molecule has 0 unspecified atom stereocenters. The van der Waals surface area contributed by atoms with Gasteiger partial charge in [0.15, 0.2) is 10.8 Å². The number of benzene rings is 1. The normalized spacial score (nSPS) is 10.9. The van der Waals surface area contributed by atoms with Crippen molar-refractivity contribution < 1.29 is 9.53 Å². The highest BCUT2D eigenvalue weighted by Gasteiger charge is 2.12. The third kappa shape index (κ3) is 3.69. The van der Waals surface area contributed by atoms with Crippen molar-refractivity contribution in [2.75, 3.05) is 6.61 Å². The zero-order chi connectivity index (χ0) is 17.0. The fraction of sp³-hybridized carbons (Fsp3) is 0.214. The van der Waals surface area contributed by atoms with E-state index in [1.807, 2.05) is 0 Å². The third-order valence-corrected chi connectivity index (χ3v) is 3.09. The zero-order valence-electron chi connectivity index (χ0n) is 12.6. The molecular weight excluding hydrogens is 318 g/mol. The summed E-state index contributed by atoms with van der Waals surface area (Å²) in [6, 6.07) is 6.35. The lowest BCUT2D eigenvalue weighted by molar-refractivity contribution is 0.0526. The van der Waals surface area contributed by atoms with Crippen LogP contribution in [-0.4, -0.2) is 27.5 Å². The van der Waals surface area contributed by atoms with E-state index in [-0.39, 0.29) is 10.8 Å². The van der Waals surface area contributed by atoms with E-state index in [0.29, 0.717) is 23.6 Å². The van der Waals surface area contributed by atoms with E-state index in [1.165, 1.54) is 0 Å². The monoisotopic (exact) mass is 333 g/mol. The Labute approximate surface area is 137 Å². The predicted octanol–water partition coefficient (Wildman–Crippen LogP) is 2.17. The van der Waals surface area contributed by atoms with Crippen molar-refractivity contribution in [3.8, 4) is 0 Å². The van der Waals surface area contributed by atoms with Gasteiger partial charge in [-0.1, -0.05) is 0 Å². The van der Waals surface area contributed by atoms with Gasteiger partial charge in [0.25, 0.3) is 0 Å². The summed E-state index contributed by atoms with van der Waals surface area (Å²) in [5.74, 6) is -0.406. The smallest absolute Gasteiger partial charge is 0.338 e. The molecule has 3 N–H and O–H groups in total. The fourth-order valence-corrected chi connectivity index (χ4v) is 1.93. The molecule has 0 amide bonds. The molecule has 0 spiro atoms. The Morgan fingerprint density at radius 3 is 2.52 bits per heavy atom. The molecule has 120 valence electrons. The average Bonchev–Trinajstić information content (AvgIpc) is 2.81. The lowest BCUT2D eigenvalue weighted by Gasteiger charge is -2.00. The summed E-state index contributed by atoms with van der Waals surface area (Å²) in [5, 5.41) is 10.5. The molecule has 0 aliphatic carbocycles. The van der Waals surface area contributed by atoms with Gasteiger partial charge in [0.2, 0.25) is 0 Å². The number of hydrogen-bond acceptors (Lipinski definition) is 6. The fourth-order valence-electron chi connectivity index (χ4n) is 1.80. The van der Waals surface area contributed by atoms with Gasteiger partial charge in [-0.25, -0.2) is 4.79 Å². The summed E-state index contributed by atoms with van der Waals surface area (Å²) < 4.78 is 5.91. The minimum Gasteiger partial charge on any atom is -0.462 e. The molecule has 23 heavy (non-hydrogen) atoms. The molecule has 0 saturated heterocycles. The number of nitrogens with zero attached hydrogens (tertiary/aromatic N) is 3. The van der Waals surface area contributed by atoms with Crippen molar-refractivity contribution >= 4 is 34.7 Å². The second-order valence-electron chi connectivity index (χ2n) is 4.53. The van der Waals surface area contributed by atoms with Crippen LogP contribution in [0.1, 0.15) is 23.0 Å². The van der Waals surface area contributed by atoms with Crippen LogP contribution in [0, 0.1) is 6.92 Å². The first kappa shape index (κ1) is 16.6. The van der Waals surface area contributed by atoms with Crippen LogP contribution >= 0.6 is 12.2 Å². The topological polar surface area (TPSA) is 115 Å². The number of ether oxygens (including phenoxy) is 1. The maximum absolute atomic E-state index is 12.0. The Kier molecular flexibility index (Phi) is 5.02. The average molecular weight is 333 g/mol. The van der Waals surface area contributed by atoms with E-state index < -0.39 is 11.5 Å². The summed E-state index contributed by atoms with van der Waals surface area (Å²) in [6.07, 6.45) is 0. The Bertz CT molecular complexity index is 820. The molecule has 2 aromatic rings. The van der Waals surface area contributed by atoms with Crippen LogP contribution in [-0.2, 0) is 4.74 Å². The molecule has 2 rings (SSSR count). The minimum atomic E-state index is -0.470. The number of H-pyrrole nitrogens is 1. The number of rotatable bonds is 4. The number of nitrogens with two attached hydrogens (primary N) is 1. The van der Waals surface area contributed by atoms with Crippen molar-refractivity contribution in [2.24, 2.45) is 16.0 Å². The Hall–Kier alpha value is -2.81. The maximum atomic E-state index is 12.0. The highest BCUT2D eigenvalue weighted by molar-refractivity contribution is 7.80. The van der Waals surface area contributed by atoms with Crippen LogP contribution in [0.4, 0.5) is 11.4 Å². The van der Waals surface area contributed by atoms with Gasteiger partial charge in [0.1, 0.15) is 0 Å². The van der Waals surface area contributed by atoms with E-state index in [4.69, 9.17) is 22.7 Å². The quantitative estimate of drug-likeness (QED) is 0.505. The van der Waals surface area contributed by atoms with E-state index in [2.05, 4.69) is 15.3 Å². The molecule has 8 nitrogen and oxygen atoms in total. The van der Waals surface area contributed by atoms with Gasteiger partial charge in [0, 0.05) is 0 Å². The largest absolute Gasteiger partial charge is 0.462 e. The number of aromatic amines is 1. The first-order valence-electron chi connectivity index (χ1n) is 6.74. The van der Waals surface area contributed by atoms with E-state index in [1.54, 1.807) is 38.1 Å². The molecule has 0 fully saturated rings. The number of thiocarbonyl (C=S) groups is 1. The van der Waals surface area contributed by atoms with E-state index in [9.17, 15) is 9.59 Å². The van der Waals surface area contributed by atoms with Crippen molar-refractivity contribution in [1.29, 1.82) is 0 Å².